The van der Waals surface area contributed by atoms with Gasteiger partial charge in [0.15, 0.2) is 6.10 Å². The Morgan fingerprint density at radius 3 is 1.69 bits per heavy atom. The molecule has 0 aliphatic heterocycles. The van der Waals surface area contributed by atoms with E-state index in [1.54, 1.807) is 27.7 Å². The van der Waals surface area contributed by atoms with Crippen molar-refractivity contribution in [2.75, 3.05) is 0 Å². The molecule has 0 heterocycles. The Bertz CT molecular complexity index is 1020. The van der Waals surface area contributed by atoms with Crippen molar-refractivity contribution in [3.63, 3.8) is 0 Å². The molecule has 14 heteroatoms. The molecule has 36 heavy (non-hydrogen) atoms. The second-order valence-electron chi connectivity index (χ2n) is 11.5. The fourth-order valence-electron chi connectivity index (χ4n) is 5.92. The Balaban J connectivity index is 2.00. The van der Waals surface area contributed by atoms with Gasteiger partial charge < -0.3 is 14.2 Å². The van der Waals surface area contributed by atoms with Gasteiger partial charge in [-0.1, -0.05) is 45.2 Å². The van der Waals surface area contributed by atoms with Gasteiger partial charge in [-0.25, -0.2) is 0 Å². The number of ether oxygens (including phenoxy) is 3. The summed E-state index contributed by atoms with van der Waals surface area (Å²) in [6, 6.07) is 0. The van der Waals surface area contributed by atoms with Gasteiger partial charge in [0.25, 0.3) is 0 Å². The summed E-state index contributed by atoms with van der Waals surface area (Å²) in [7, 11) is -5.84. The van der Waals surface area contributed by atoms with E-state index in [1.807, 2.05) is 45.2 Å². The summed E-state index contributed by atoms with van der Waals surface area (Å²) < 4.78 is 74.7. The minimum atomic E-state index is -5.84. The summed E-state index contributed by atoms with van der Waals surface area (Å²) in [4.78, 5) is 39.2. The number of rotatable bonds is 8. The first-order chi connectivity index (χ1) is 16.0. The molecular weight excluding hydrogens is 732 g/mol. The van der Waals surface area contributed by atoms with E-state index in [1.165, 1.54) is 0 Å². The van der Waals surface area contributed by atoms with E-state index in [4.69, 9.17) is 18.8 Å². The van der Waals surface area contributed by atoms with E-state index < -0.39 is 62.8 Å². The van der Waals surface area contributed by atoms with E-state index in [0.717, 1.165) is 0 Å². The monoisotopic (exact) mass is 762 g/mol. The third kappa shape index (κ3) is 5.65. The van der Waals surface area contributed by atoms with Gasteiger partial charge in [-0.05, 0) is 59.8 Å². The SMILES string of the molecule is CC(OC(=O)C12CC3CC(OC(=O)C(C)(C)I)(CC(OC(=O)C(C)(C)I)(C3)C1)C2)C(F)(F)S(=O)(=O)O. The molecule has 0 spiro atoms. The molecule has 0 radical (unpaired) electrons. The van der Waals surface area contributed by atoms with Crippen LogP contribution in [0.5, 0.6) is 0 Å². The lowest BCUT2D eigenvalue weighted by Crippen LogP contribution is -2.68. The van der Waals surface area contributed by atoms with E-state index in [0.29, 0.717) is 19.8 Å². The molecule has 4 aliphatic carbocycles. The molecule has 1 N–H and O–H groups in total. The topological polar surface area (TPSA) is 133 Å². The molecule has 0 aromatic rings. The number of carbonyl (C=O) groups excluding carboxylic acids is 3. The van der Waals surface area contributed by atoms with Crippen molar-refractivity contribution in [2.24, 2.45) is 11.3 Å². The highest BCUT2D eigenvalue weighted by atomic mass is 127. The average Bonchev–Trinajstić information content (AvgIpc) is 2.63. The van der Waals surface area contributed by atoms with Crippen LogP contribution in [-0.2, 0) is 38.7 Å². The second-order valence-corrected chi connectivity index (χ2v) is 18.4. The summed E-state index contributed by atoms with van der Waals surface area (Å²) in [6.45, 7) is 7.32. The number of carbonyl (C=O) groups is 3. The Hall–Kier alpha value is -0.360. The van der Waals surface area contributed by atoms with Crippen LogP contribution < -0.4 is 0 Å². The van der Waals surface area contributed by atoms with Crippen molar-refractivity contribution in [1.82, 2.24) is 0 Å². The van der Waals surface area contributed by atoms with Crippen molar-refractivity contribution < 1.29 is 50.3 Å². The molecule has 4 rings (SSSR count). The van der Waals surface area contributed by atoms with Crippen LogP contribution in [0.3, 0.4) is 0 Å². The lowest BCUT2D eigenvalue weighted by molar-refractivity contribution is -0.257. The molecule has 4 fully saturated rings. The van der Waals surface area contributed by atoms with Gasteiger partial charge in [0.1, 0.15) is 18.0 Å². The molecule has 4 saturated carbocycles. The number of esters is 3. The van der Waals surface area contributed by atoms with Gasteiger partial charge in [-0.2, -0.15) is 17.2 Å². The Morgan fingerprint density at radius 2 is 1.33 bits per heavy atom. The number of hydrogen-bond acceptors (Lipinski definition) is 8. The van der Waals surface area contributed by atoms with Gasteiger partial charge in [0.2, 0.25) is 0 Å². The maximum Gasteiger partial charge on any atom is 0.405 e. The van der Waals surface area contributed by atoms with E-state index in [2.05, 4.69) is 0 Å². The van der Waals surface area contributed by atoms with Crippen molar-refractivity contribution in [2.45, 2.75) is 103 Å². The largest absolute Gasteiger partial charge is 0.458 e. The molecule has 4 bridgehead atoms. The molecule has 3 atom stereocenters. The quantitative estimate of drug-likeness (QED) is 0.126. The molecule has 4 aliphatic rings. The van der Waals surface area contributed by atoms with Crippen LogP contribution in [0, 0.1) is 11.3 Å². The first-order valence-electron chi connectivity index (χ1n) is 11.4. The lowest BCUT2D eigenvalue weighted by atomic mass is 9.46. The molecule has 0 aromatic heterocycles. The standard InChI is InChI=1S/C22H30F2I2O9S/c1-12(22(23,24)36(30,31)32)33-16(29)19-6-13-7-20(9-19,34-14(27)17(2,3)25)11-21(8-13,10-19)35-15(28)18(4,5)26/h12-13H,6-11H2,1-5H3,(H,30,31,32). The van der Waals surface area contributed by atoms with Crippen molar-refractivity contribution in [3.8, 4) is 0 Å². The van der Waals surface area contributed by atoms with Gasteiger partial charge in [-0.3, -0.25) is 18.9 Å². The zero-order valence-corrected chi connectivity index (χ0v) is 25.7. The highest BCUT2D eigenvalue weighted by Crippen LogP contribution is 2.66. The molecule has 0 amide bonds. The summed E-state index contributed by atoms with van der Waals surface area (Å²) >= 11 is 3.86. The average molecular weight is 762 g/mol. The van der Waals surface area contributed by atoms with Crippen LogP contribution in [0.15, 0.2) is 0 Å². The third-order valence-corrected chi connectivity index (χ3v) is 8.99. The Labute approximate surface area is 236 Å². The summed E-state index contributed by atoms with van der Waals surface area (Å²) in [5.74, 6) is -2.40. The molecule has 0 saturated heterocycles. The van der Waals surface area contributed by atoms with Crippen LogP contribution in [0.25, 0.3) is 0 Å². The smallest absolute Gasteiger partial charge is 0.405 e. The van der Waals surface area contributed by atoms with Crippen molar-refractivity contribution in [3.05, 3.63) is 0 Å². The summed E-state index contributed by atoms with van der Waals surface area (Å²) in [6.07, 6.45) is -1.37. The second kappa shape index (κ2) is 9.10. The van der Waals surface area contributed by atoms with E-state index >= 15 is 0 Å². The highest BCUT2D eigenvalue weighted by molar-refractivity contribution is 14.1. The molecule has 3 unspecified atom stereocenters. The predicted molar refractivity (Wildman–Crippen MR) is 140 cm³/mol. The minimum Gasteiger partial charge on any atom is -0.458 e. The Kier molecular flexibility index (Phi) is 7.63. The van der Waals surface area contributed by atoms with Crippen molar-refractivity contribution in [1.29, 1.82) is 0 Å². The Morgan fingerprint density at radius 1 is 0.917 bits per heavy atom. The lowest BCUT2D eigenvalue weighted by Gasteiger charge is -2.63. The van der Waals surface area contributed by atoms with E-state index in [9.17, 15) is 31.6 Å². The molecule has 206 valence electrons. The van der Waals surface area contributed by atoms with E-state index in [-0.39, 0.29) is 31.6 Å². The molecular formula is C22H30F2I2O9S. The number of alkyl halides is 4. The first kappa shape index (κ1) is 30.2. The van der Waals surface area contributed by atoms with Crippen molar-refractivity contribution >= 4 is 73.2 Å². The zero-order chi connectivity index (χ0) is 27.8. The van der Waals surface area contributed by atoms with Gasteiger partial charge in [0, 0.05) is 19.3 Å². The predicted octanol–water partition coefficient (Wildman–Crippen LogP) is 4.37. The minimum absolute atomic E-state index is 0.0368. The highest BCUT2D eigenvalue weighted by Gasteiger charge is 2.70. The van der Waals surface area contributed by atoms with Crippen LogP contribution in [0.1, 0.15) is 73.1 Å². The first-order valence-corrected chi connectivity index (χ1v) is 15.0. The fraction of sp³-hybridized carbons (Fsp3) is 0.864. The fourth-order valence-corrected chi connectivity index (χ4v) is 6.61. The molecule has 0 aromatic carbocycles. The van der Waals surface area contributed by atoms with Crippen LogP contribution in [0.2, 0.25) is 0 Å². The van der Waals surface area contributed by atoms with Crippen LogP contribution in [-0.4, -0.2) is 60.3 Å². The third-order valence-electron chi connectivity index (χ3n) is 7.09. The van der Waals surface area contributed by atoms with Gasteiger partial charge in [0.05, 0.1) is 5.41 Å². The number of halogens is 4. The summed E-state index contributed by atoms with van der Waals surface area (Å²) in [5.41, 5.74) is -3.83. The van der Waals surface area contributed by atoms with Crippen LogP contribution in [0.4, 0.5) is 8.78 Å². The van der Waals surface area contributed by atoms with Gasteiger partial charge >= 0.3 is 33.3 Å². The number of hydrogen-bond donors (Lipinski definition) is 1. The maximum atomic E-state index is 14.2. The summed E-state index contributed by atoms with van der Waals surface area (Å²) in [5, 5.41) is -4.73. The van der Waals surface area contributed by atoms with Gasteiger partial charge in [-0.15, -0.1) is 0 Å². The molecule has 9 nitrogen and oxygen atoms in total. The normalized spacial score (nSPS) is 33.1. The van der Waals surface area contributed by atoms with Crippen LogP contribution >= 0.6 is 45.2 Å². The maximum absolute atomic E-state index is 14.2. The zero-order valence-electron chi connectivity index (χ0n) is 20.5.